The van der Waals surface area contributed by atoms with E-state index < -0.39 is 5.97 Å². The zero-order valence-corrected chi connectivity index (χ0v) is 16.4. The number of nitrogens with zero attached hydrogens (tertiary/aromatic N) is 5. The average molecular weight is 371 g/mol. The number of carbonyl (C=O) groups excluding carboxylic acids is 2. The maximum absolute atomic E-state index is 12.6. The van der Waals surface area contributed by atoms with Gasteiger partial charge in [0.15, 0.2) is 12.3 Å². The third kappa shape index (κ3) is 4.61. The second-order valence-electron chi connectivity index (χ2n) is 6.97. The number of rotatable bonds is 7. The van der Waals surface area contributed by atoms with Crippen LogP contribution in [0.3, 0.4) is 0 Å². The molecule has 144 valence electrons. The van der Waals surface area contributed by atoms with Crippen LogP contribution in [0.4, 0.5) is 0 Å². The fraction of sp³-hybridized carbons (Fsp3) is 0.526. The van der Waals surface area contributed by atoms with Crippen molar-refractivity contribution in [1.29, 1.82) is 5.26 Å². The Kier molecular flexibility index (Phi) is 6.50. The number of fused-ring (bicyclic) bond motifs is 1. The van der Waals surface area contributed by atoms with E-state index in [-0.39, 0.29) is 30.9 Å². The molecule has 0 aliphatic heterocycles. The number of esters is 1. The molecule has 0 radical (unpaired) electrons. The number of hydrogen-bond donors (Lipinski definition) is 0. The predicted molar refractivity (Wildman–Crippen MR) is 100 cm³/mol. The summed E-state index contributed by atoms with van der Waals surface area (Å²) in [7, 11) is 1.57. The molecule has 0 saturated heterocycles. The van der Waals surface area contributed by atoms with E-state index in [9.17, 15) is 9.59 Å². The zero-order valence-electron chi connectivity index (χ0n) is 16.4. The fourth-order valence-corrected chi connectivity index (χ4v) is 2.54. The Morgan fingerprint density at radius 1 is 1.33 bits per heavy atom. The van der Waals surface area contributed by atoms with Crippen LogP contribution in [0.15, 0.2) is 12.3 Å². The Morgan fingerprint density at radius 2 is 2.04 bits per heavy atom. The molecule has 0 aliphatic rings. The Bertz CT molecular complexity index is 879. The first-order valence-electron chi connectivity index (χ1n) is 8.92. The van der Waals surface area contributed by atoms with Crippen LogP contribution in [0.25, 0.3) is 11.0 Å². The molecule has 0 unspecified atom stereocenters. The standard InChI is InChI=1S/C19H25N5O3/c1-12(2)16-9-14(15-10-21-24(13(3)4)18(15)22-16)19(26)27-11-17(25)23(5)8-6-7-20/h9-10,12-13H,6,8,11H2,1-5H3. The summed E-state index contributed by atoms with van der Waals surface area (Å²) in [5, 5.41) is 13.5. The second kappa shape index (κ2) is 8.62. The number of pyridine rings is 1. The molecule has 0 bridgehead atoms. The van der Waals surface area contributed by atoms with E-state index in [0.717, 1.165) is 5.69 Å². The Morgan fingerprint density at radius 3 is 2.63 bits per heavy atom. The summed E-state index contributed by atoms with van der Waals surface area (Å²) in [4.78, 5) is 30.7. The van der Waals surface area contributed by atoms with Crippen molar-refractivity contribution in [2.75, 3.05) is 20.2 Å². The van der Waals surface area contributed by atoms with Crippen LogP contribution in [0, 0.1) is 11.3 Å². The van der Waals surface area contributed by atoms with Crippen molar-refractivity contribution in [3.8, 4) is 6.07 Å². The van der Waals surface area contributed by atoms with Gasteiger partial charge in [-0.3, -0.25) is 4.79 Å². The van der Waals surface area contributed by atoms with E-state index in [1.807, 2.05) is 33.8 Å². The normalized spacial score (nSPS) is 11.0. The number of nitriles is 1. The van der Waals surface area contributed by atoms with Crippen molar-refractivity contribution in [3.63, 3.8) is 0 Å². The predicted octanol–water partition coefficient (Wildman–Crippen LogP) is 2.66. The summed E-state index contributed by atoms with van der Waals surface area (Å²) in [5.74, 6) is -0.823. The van der Waals surface area contributed by atoms with Gasteiger partial charge in [-0.2, -0.15) is 10.4 Å². The van der Waals surface area contributed by atoms with Crippen LogP contribution >= 0.6 is 0 Å². The van der Waals surface area contributed by atoms with E-state index in [1.165, 1.54) is 4.90 Å². The van der Waals surface area contributed by atoms with E-state index in [0.29, 0.717) is 23.1 Å². The van der Waals surface area contributed by atoms with Crippen LogP contribution in [0.2, 0.25) is 0 Å². The first-order chi connectivity index (χ1) is 12.8. The number of aromatic nitrogens is 3. The minimum atomic E-state index is -0.588. The van der Waals surface area contributed by atoms with E-state index in [4.69, 9.17) is 10.00 Å². The van der Waals surface area contributed by atoms with Crippen molar-refractivity contribution in [1.82, 2.24) is 19.7 Å². The lowest BCUT2D eigenvalue weighted by atomic mass is 10.1. The van der Waals surface area contributed by atoms with Gasteiger partial charge in [0.25, 0.3) is 5.91 Å². The number of ether oxygens (including phenoxy) is 1. The van der Waals surface area contributed by atoms with E-state index in [2.05, 4.69) is 10.1 Å². The van der Waals surface area contributed by atoms with Gasteiger partial charge in [0.05, 0.1) is 29.6 Å². The molecule has 1 amide bonds. The summed E-state index contributed by atoms with van der Waals surface area (Å²) in [6.45, 7) is 7.89. The largest absolute Gasteiger partial charge is 0.452 e. The van der Waals surface area contributed by atoms with Crippen molar-refractivity contribution in [2.24, 2.45) is 0 Å². The highest BCUT2D eigenvalue weighted by Gasteiger charge is 2.21. The van der Waals surface area contributed by atoms with Crippen LogP contribution < -0.4 is 0 Å². The molecule has 0 saturated carbocycles. The lowest BCUT2D eigenvalue weighted by Gasteiger charge is -2.16. The van der Waals surface area contributed by atoms with Gasteiger partial charge in [0.1, 0.15) is 0 Å². The lowest BCUT2D eigenvalue weighted by molar-refractivity contribution is -0.133. The minimum absolute atomic E-state index is 0.0941. The first-order valence-corrected chi connectivity index (χ1v) is 8.92. The van der Waals surface area contributed by atoms with Crippen molar-refractivity contribution < 1.29 is 14.3 Å². The van der Waals surface area contributed by atoms with Crippen LogP contribution in [-0.4, -0.2) is 51.7 Å². The number of likely N-dealkylation sites (N-methyl/N-ethyl adjacent to an activating group) is 1. The van der Waals surface area contributed by atoms with Gasteiger partial charge in [-0.25, -0.2) is 14.5 Å². The monoisotopic (exact) mass is 371 g/mol. The Labute approximate surface area is 158 Å². The SMILES string of the molecule is CC(C)c1cc(C(=O)OCC(=O)N(C)CCC#N)c2cnn(C(C)C)c2n1. The molecule has 0 atom stereocenters. The van der Waals surface area contributed by atoms with Gasteiger partial charge in [0, 0.05) is 25.3 Å². The highest BCUT2D eigenvalue weighted by atomic mass is 16.5. The van der Waals surface area contributed by atoms with E-state index >= 15 is 0 Å². The smallest absolute Gasteiger partial charge is 0.339 e. The maximum atomic E-state index is 12.6. The van der Waals surface area contributed by atoms with Crippen molar-refractivity contribution >= 4 is 22.9 Å². The number of amides is 1. The molecule has 0 aromatic carbocycles. The van der Waals surface area contributed by atoms with Crippen LogP contribution in [0.1, 0.15) is 62.1 Å². The third-order valence-corrected chi connectivity index (χ3v) is 4.20. The van der Waals surface area contributed by atoms with Gasteiger partial charge in [-0.1, -0.05) is 13.8 Å². The molecule has 8 heteroatoms. The molecule has 0 spiro atoms. The summed E-state index contributed by atoms with van der Waals surface area (Å²) in [6.07, 6.45) is 1.83. The molecule has 0 aliphatic carbocycles. The molecule has 2 heterocycles. The third-order valence-electron chi connectivity index (χ3n) is 4.20. The molecule has 2 rings (SSSR count). The molecule has 0 fully saturated rings. The number of hydrogen-bond acceptors (Lipinski definition) is 6. The second-order valence-corrected chi connectivity index (χ2v) is 6.97. The zero-order chi connectivity index (χ0) is 20.1. The number of carbonyl (C=O) groups is 2. The highest BCUT2D eigenvalue weighted by molar-refractivity contribution is 6.03. The topological polar surface area (TPSA) is 101 Å². The molecule has 8 nitrogen and oxygen atoms in total. The lowest BCUT2D eigenvalue weighted by Crippen LogP contribution is -2.32. The van der Waals surface area contributed by atoms with Crippen LogP contribution in [0.5, 0.6) is 0 Å². The summed E-state index contributed by atoms with van der Waals surface area (Å²) >= 11 is 0. The average Bonchev–Trinajstić information content (AvgIpc) is 3.07. The fourth-order valence-electron chi connectivity index (χ4n) is 2.54. The molecule has 0 N–H and O–H groups in total. The first kappa shape index (κ1) is 20.4. The van der Waals surface area contributed by atoms with Gasteiger partial charge >= 0.3 is 5.97 Å². The van der Waals surface area contributed by atoms with Crippen LogP contribution in [-0.2, 0) is 9.53 Å². The Balaban J connectivity index is 2.27. The Hall–Kier alpha value is -2.95. The molecular weight excluding hydrogens is 346 g/mol. The van der Waals surface area contributed by atoms with Gasteiger partial charge in [-0.15, -0.1) is 0 Å². The van der Waals surface area contributed by atoms with Gasteiger partial charge < -0.3 is 9.64 Å². The minimum Gasteiger partial charge on any atom is -0.452 e. The van der Waals surface area contributed by atoms with E-state index in [1.54, 1.807) is 24.0 Å². The summed E-state index contributed by atoms with van der Waals surface area (Å²) < 4.78 is 6.99. The maximum Gasteiger partial charge on any atom is 0.339 e. The van der Waals surface area contributed by atoms with Crippen molar-refractivity contribution in [3.05, 3.63) is 23.5 Å². The molecule has 2 aromatic heterocycles. The highest BCUT2D eigenvalue weighted by Crippen LogP contribution is 2.24. The van der Waals surface area contributed by atoms with Crippen molar-refractivity contribution in [2.45, 2.75) is 46.1 Å². The molecular formula is C19H25N5O3. The summed E-state index contributed by atoms with van der Waals surface area (Å²) in [5.41, 5.74) is 1.73. The summed E-state index contributed by atoms with van der Waals surface area (Å²) in [6, 6.07) is 3.77. The van der Waals surface area contributed by atoms with Gasteiger partial charge in [-0.05, 0) is 25.8 Å². The molecule has 2 aromatic rings. The quantitative estimate of drug-likeness (QED) is 0.694. The molecule has 27 heavy (non-hydrogen) atoms. The van der Waals surface area contributed by atoms with Gasteiger partial charge in [0.2, 0.25) is 0 Å².